The maximum atomic E-state index is 9.55. The number of nitrogens with one attached hydrogen (secondary N) is 2. The van der Waals surface area contributed by atoms with E-state index in [-0.39, 0.29) is 0 Å². The molecule has 1 unspecified atom stereocenters. The third-order valence-electron chi connectivity index (χ3n) is 6.23. The van der Waals surface area contributed by atoms with E-state index in [0.717, 1.165) is 23.8 Å². The Balaban J connectivity index is 0.000000183. The highest BCUT2D eigenvalue weighted by Gasteiger charge is 2.54. The molecular weight excluding hydrogens is 308 g/mol. The number of carboxylic acid groups (broad SMARTS) is 2. The summed E-state index contributed by atoms with van der Waals surface area (Å²) in [6.07, 6.45) is 10.4. The summed E-state index contributed by atoms with van der Waals surface area (Å²) >= 11 is 0. The molecule has 134 valence electrons. The van der Waals surface area contributed by atoms with Crippen LogP contribution in [0.2, 0.25) is 0 Å². The predicted octanol–water partition coefficient (Wildman–Crippen LogP) is 1.48. The molecule has 5 fully saturated rings. The zero-order valence-corrected chi connectivity index (χ0v) is 14.0. The highest BCUT2D eigenvalue weighted by Crippen LogP contribution is 2.61. The third kappa shape index (κ3) is 3.98. The summed E-state index contributed by atoms with van der Waals surface area (Å²) < 4.78 is 0. The number of carbonyl (C=O) groups is 2. The van der Waals surface area contributed by atoms with E-state index in [0.29, 0.717) is 17.6 Å². The van der Waals surface area contributed by atoms with Crippen LogP contribution in [-0.4, -0.2) is 47.8 Å². The SMILES string of the molecule is C1CNC(C23CC4CC(CC(C4)C2)C3)CN1.O=C(O)/C=C\C(=O)O. The molecule has 24 heavy (non-hydrogen) atoms. The van der Waals surface area contributed by atoms with E-state index in [4.69, 9.17) is 10.2 Å². The molecule has 0 aromatic rings. The zero-order valence-electron chi connectivity index (χ0n) is 14.0. The normalized spacial score (nSPS) is 40.2. The van der Waals surface area contributed by atoms with Crippen molar-refractivity contribution in [3.63, 3.8) is 0 Å². The summed E-state index contributed by atoms with van der Waals surface area (Å²) in [4.78, 5) is 19.1. The molecule has 4 N–H and O–H groups in total. The van der Waals surface area contributed by atoms with Crippen molar-refractivity contribution in [1.82, 2.24) is 10.6 Å². The minimum Gasteiger partial charge on any atom is -0.478 e. The van der Waals surface area contributed by atoms with Gasteiger partial charge in [-0.1, -0.05) is 0 Å². The van der Waals surface area contributed by atoms with E-state index in [9.17, 15) is 9.59 Å². The van der Waals surface area contributed by atoms with Crippen LogP contribution in [-0.2, 0) is 9.59 Å². The molecule has 0 radical (unpaired) electrons. The fourth-order valence-corrected chi connectivity index (χ4v) is 5.83. The van der Waals surface area contributed by atoms with Gasteiger partial charge in [-0.25, -0.2) is 9.59 Å². The van der Waals surface area contributed by atoms with Gasteiger partial charge in [0.05, 0.1) is 0 Å². The topological polar surface area (TPSA) is 98.7 Å². The van der Waals surface area contributed by atoms with Crippen molar-refractivity contribution in [2.24, 2.45) is 23.2 Å². The van der Waals surface area contributed by atoms with Gasteiger partial charge >= 0.3 is 11.9 Å². The van der Waals surface area contributed by atoms with Gasteiger partial charge in [-0.3, -0.25) is 0 Å². The Bertz CT molecular complexity index is 460. The Kier molecular flexibility index (Phi) is 5.25. The van der Waals surface area contributed by atoms with Gasteiger partial charge < -0.3 is 20.8 Å². The molecule has 0 spiro atoms. The van der Waals surface area contributed by atoms with Crippen LogP contribution in [0.3, 0.4) is 0 Å². The van der Waals surface area contributed by atoms with Crippen molar-refractivity contribution >= 4 is 11.9 Å². The lowest BCUT2D eigenvalue weighted by atomic mass is 9.47. The summed E-state index contributed by atoms with van der Waals surface area (Å²) in [5.74, 6) is 0.764. The molecule has 6 nitrogen and oxygen atoms in total. The van der Waals surface area contributed by atoms with E-state index < -0.39 is 11.9 Å². The summed E-state index contributed by atoms with van der Waals surface area (Å²) in [5.41, 5.74) is 0.697. The quantitative estimate of drug-likeness (QED) is 0.583. The highest BCUT2D eigenvalue weighted by atomic mass is 16.4. The number of hydrogen-bond acceptors (Lipinski definition) is 4. The second kappa shape index (κ2) is 7.23. The van der Waals surface area contributed by atoms with Gasteiger partial charge in [0.2, 0.25) is 0 Å². The van der Waals surface area contributed by atoms with Gasteiger partial charge in [-0.2, -0.15) is 0 Å². The van der Waals surface area contributed by atoms with Crippen LogP contribution >= 0.6 is 0 Å². The molecule has 0 aromatic heterocycles. The van der Waals surface area contributed by atoms with Gasteiger partial charge in [-0.05, 0) is 61.7 Å². The average molecular weight is 336 g/mol. The first-order valence-electron chi connectivity index (χ1n) is 9.05. The van der Waals surface area contributed by atoms with E-state index in [2.05, 4.69) is 10.6 Å². The maximum Gasteiger partial charge on any atom is 0.328 e. The Morgan fingerprint density at radius 2 is 1.38 bits per heavy atom. The summed E-state index contributed by atoms with van der Waals surface area (Å²) in [7, 11) is 0. The Labute approximate surface area is 142 Å². The monoisotopic (exact) mass is 336 g/mol. The zero-order chi connectivity index (χ0) is 17.2. The molecule has 0 amide bonds. The molecular formula is C18H28N2O4. The van der Waals surface area contributed by atoms with Crippen LogP contribution in [0.15, 0.2) is 12.2 Å². The van der Waals surface area contributed by atoms with Gasteiger partial charge in [0.25, 0.3) is 0 Å². The number of rotatable bonds is 3. The number of piperazine rings is 1. The average Bonchev–Trinajstić information content (AvgIpc) is 2.53. The van der Waals surface area contributed by atoms with Crippen LogP contribution in [0.5, 0.6) is 0 Å². The molecule has 5 rings (SSSR count). The Morgan fingerprint density at radius 3 is 1.75 bits per heavy atom. The highest BCUT2D eigenvalue weighted by molar-refractivity contribution is 5.89. The number of carboxylic acids is 2. The lowest BCUT2D eigenvalue weighted by Crippen LogP contribution is -2.62. The van der Waals surface area contributed by atoms with Crippen LogP contribution < -0.4 is 10.6 Å². The van der Waals surface area contributed by atoms with Crippen molar-refractivity contribution in [2.45, 2.75) is 44.6 Å². The van der Waals surface area contributed by atoms with Crippen molar-refractivity contribution in [2.75, 3.05) is 19.6 Å². The first-order chi connectivity index (χ1) is 11.5. The number of aliphatic carboxylic acids is 2. The maximum absolute atomic E-state index is 9.55. The fraction of sp³-hybridized carbons (Fsp3) is 0.778. The van der Waals surface area contributed by atoms with E-state index in [1.54, 1.807) is 38.5 Å². The standard InChI is InChI=1S/C14H24N2.C4H4O4/c1-2-16-13(9-15-1)14-6-10-3-11(7-14)5-12(4-10)8-14;5-3(6)1-2-4(7)8/h10-13,15-16H,1-9H2;1-2H,(H,5,6)(H,7,8)/b;2-1-. The molecule has 5 aliphatic rings. The minimum absolute atomic E-state index is 0.558. The second-order valence-corrected chi connectivity index (χ2v) is 8.00. The lowest BCUT2D eigenvalue weighted by Gasteiger charge is -2.60. The predicted molar refractivity (Wildman–Crippen MR) is 89.7 cm³/mol. The smallest absolute Gasteiger partial charge is 0.328 e. The summed E-state index contributed by atoms with van der Waals surface area (Å²) in [6, 6.07) is 0.787. The molecule has 4 saturated carbocycles. The van der Waals surface area contributed by atoms with E-state index in [1.807, 2.05) is 0 Å². The molecule has 6 heteroatoms. The summed E-state index contributed by atoms with van der Waals surface area (Å²) in [6.45, 7) is 3.58. The molecule has 0 aromatic carbocycles. The molecule has 1 heterocycles. The molecule has 4 aliphatic carbocycles. The van der Waals surface area contributed by atoms with Crippen molar-refractivity contribution in [1.29, 1.82) is 0 Å². The largest absolute Gasteiger partial charge is 0.478 e. The van der Waals surface area contributed by atoms with Crippen molar-refractivity contribution < 1.29 is 19.8 Å². The molecule has 1 atom stereocenters. The van der Waals surface area contributed by atoms with Crippen LogP contribution in [0, 0.1) is 23.2 Å². The van der Waals surface area contributed by atoms with E-state index >= 15 is 0 Å². The van der Waals surface area contributed by atoms with Gasteiger partial charge in [0.1, 0.15) is 0 Å². The van der Waals surface area contributed by atoms with Gasteiger partial charge in [-0.15, -0.1) is 0 Å². The molecule has 4 bridgehead atoms. The minimum atomic E-state index is -1.26. The molecule has 1 saturated heterocycles. The van der Waals surface area contributed by atoms with Crippen LogP contribution in [0.4, 0.5) is 0 Å². The van der Waals surface area contributed by atoms with Crippen LogP contribution in [0.1, 0.15) is 38.5 Å². The van der Waals surface area contributed by atoms with Crippen molar-refractivity contribution in [3.8, 4) is 0 Å². The summed E-state index contributed by atoms with van der Waals surface area (Å²) in [5, 5.41) is 23.0. The second-order valence-electron chi connectivity index (χ2n) is 8.00. The van der Waals surface area contributed by atoms with Gasteiger partial charge in [0, 0.05) is 37.8 Å². The lowest BCUT2D eigenvalue weighted by molar-refractivity contribution is -0.134. The van der Waals surface area contributed by atoms with E-state index in [1.165, 1.54) is 19.6 Å². The molecule has 1 aliphatic heterocycles. The van der Waals surface area contributed by atoms with Crippen molar-refractivity contribution in [3.05, 3.63) is 12.2 Å². The van der Waals surface area contributed by atoms with Crippen LogP contribution in [0.25, 0.3) is 0 Å². The number of hydrogen-bond donors (Lipinski definition) is 4. The third-order valence-corrected chi connectivity index (χ3v) is 6.23. The fourth-order valence-electron chi connectivity index (χ4n) is 5.83. The first-order valence-corrected chi connectivity index (χ1v) is 9.05. The Hall–Kier alpha value is -1.40. The first kappa shape index (κ1) is 17.4. The van der Waals surface area contributed by atoms with Gasteiger partial charge in [0.15, 0.2) is 0 Å². The Morgan fingerprint density at radius 1 is 0.875 bits per heavy atom.